The summed E-state index contributed by atoms with van der Waals surface area (Å²) in [5.74, 6) is 0.0359. The van der Waals surface area contributed by atoms with E-state index >= 15 is 0 Å². The van der Waals surface area contributed by atoms with Gasteiger partial charge in [0.1, 0.15) is 6.04 Å². The maximum atomic E-state index is 12.6. The molecular formula is C22H31N4O2+. The van der Waals surface area contributed by atoms with Crippen LogP contribution in [0.25, 0.3) is 0 Å². The molecule has 28 heavy (non-hydrogen) atoms. The van der Waals surface area contributed by atoms with Crippen molar-refractivity contribution >= 4 is 17.5 Å². The van der Waals surface area contributed by atoms with E-state index in [0.717, 1.165) is 25.1 Å². The lowest BCUT2D eigenvalue weighted by molar-refractivity contribution is -0.910. The molecule has 0 aliphatic carbocycles. The molecule has 2 amide bonds. The van der Waals surface area contributed by atoms with Gasteiger partial charge < -0.3 is 19.7 Å². The molecule has 3 rings (SSSR count). The lowest BCUT2D eigenvalue weighted by Crippen LogP contribution is -3.11. The van der Waals surface area contributed by atoms with Gasteiger partial charge in [0.05, 0.1) is 12.2 Å². The number of likely N-dealkylation sites (tertiary alicyclic amines) is 1. The first-order valence-corrected chi connectivity index (χ1v) is 10.2. The van der Waals surface area contributed by atoms with E-state index < -0.39 is 0 Å². The number of amides is 2. The number of hydrogen-bond donors (Lipinski definition) is 2. The fraction of sp³-hybridized carbons (Fsp3) is 0.455. The third kappa shape index (κ3) is 4.44. The van der Waals surface area contributed by atoms with Crippen LogP contribution in [-0.4, -0.2) is 47.5 Å². The largest absolute Gasteiger partial charge is 0.350 e. The molecule has 1 aliphatic rings. The maximum absolute atomic E-state index is 12.6. The van der Waals surface area contributed by atoms with E-state index in [9.17, 15) is 9.59 Å². The highest BCUT2D eigenvalue weighted by atomic mass is 16.2. The molecule has 0 spiro atoms. The summed E-state index contributed by atoms with van der Waals surface area (Å²) in [7, 11) is 2.06. The highest BCUT2D eigenvalue weighted by Gasteiger charge is 2.32. The predicted octanol–water partition coefficient (Wildman–Crippen LogP) is 1.87. The van der Waals surface area contributed by atoms with Gasteiger partial charge in [-0.25, -0.2) is 0 Å². The Balaban J connectivity index is 1.59. The maximum Gasteiger partial charge on any atom is 0.279 e. The summed E-state index contributed by atoms with van der Waals surface area (Å²) in [4.78, 5) is 28.1. The Morgan fingerprint density at radius 2 is 1.89 bits per heavy atom. The van der Waals surface area contributed by atoms with Crippen molar-refractivity contribution in [1.82, 2.24) is 9.47 Å². The number of carbonyl (C=O) groups excluding carboxylic acids is 2. The van der Waals surface area contributed by atoms with E-state index in [1.54, 1.807) is 17.0 Å². The van der Waals surface area contributed by atoms with Crippen molar-refractivity contribution in [3.05, 3.63) is 53.9 Å². The van der Waals surface area contributed by atoms with E-state index in [-0.39, 0.29) is 11.8 Å². The first-order chi connectivity index (χ1) is 13.5. The van der Waals surface area contributed by atoms with Gasteiger partial charge in [0.25, 0.3) is 11.8 Å². The standard InChI is InChI=1S/C22H30N4O2/c1-4-25(5-2)22(28)17-10-12-18(13-11-17)23-21(27)16-26-15-7-9-20(26)19-8-6-14-24(19)3/h6,8,10-14,20H,4-5,7,9,15-16H2,1-3H3,(H,23,27)/p+1/t20-/m0/s1. The molecule has 1 aromatic carbocycles. The molecule has 1 fully saturated rings. The van der Waals surface area contributed by atoms with Crippen LogP contribution in [0.1, 0.15) is 48.8 Å². The summed E-state index contributed by atoms with van der Waals surface area (Å²) in [5, 5.41) is 2.98. The molecule has 1 aliphatic heterocycles. The number of aryl methyl sites for hydroxylation is 1. The van der Waals surface area contributed by atoms with Crippen LogP contribution in [0.15, 0.2) is 42.6 Å². The zero-order valence-corrected chi connectivity index (χ0v) is 17.1. The number of carbonyl (C=O) groups is 2. The molecule has 6 nitrogen and oxygen atoms in total. The van der Waals surface area contributed by atoms with Crippen molar-refractivity contribution in [1.29, 1.82) is 0 Å². The SMILES string of the molecule is CCN(CC)C(=O)c1ccc(NC(=O)C[NH+]2CCC[C@H]2c2cccn2C)cc1. The Morgan fingerprint density at radius 1 is 1.18 bits per heavy atom. The van der Waals surface area contributed by atoms with Crippen molar-refractivity contribution in [2.75, 3.05) is 31.5 Å². The Morgan fingerprint density at radius 3 is 2.50 bits per heavy atom. The van der Waals surface area contributed by atoms with Crippen molar-refractivity contribution in [3.8, 4) is 0 Å². The lowest BCUT2D eigenvalue weighted by Gasteiger charge is -2.22. The molecule has 1 aromatic heterocycles. The number of aromatic nitrogens is 1. The minimum absolute atomic E-state index is 0.0129. The highest BCUT2D eigenvalue weighted by molar-refractivity contribution is 5.96. The minimum Gasteiger partial charge on any atom is -0.350 e. The molecule has 0 saturated carbocycles. The summed E-state index contributed by atoms with van der Waals surface area (Å²) in [6.07, 6.45) is 4.32. The molecule has 0 radical (unpaired) electrons. The Kier molecular flexibility index (Phi) is 6.52. The van der Waals surface area contributed by atoms with E-state index in [2.05, 4.69) is 35.3 Å². The van der Waals surface area contributed by atoms with Crippen LogP contribution in [0.2, 0.25) is 0 Å². The van der Waals surface area contributed by atoms with Crippen LogP contribution in [0.4, 0.5) is 5.69 Å². The van der Waals surface area contributed by atoms with Gasteiger partial charge in [-0.15, -0.1) is 0 Å². The monoisotopic (exact) mass is 383 g/mol. The molecule has 2 aromatic rings. The first kappa shape index (κ1) is 20.1. The number of nitrogens with zero attached hydrogens (tertiary/aromatic N) is 2. The Bertz CT molecular complexity index is 808. The number of quaternary nitrogens is 1. The third-order valence-corrected chi connectivity index (χ3v) is 5.68. The van der Waals surface area contributed by atoms with Gasteiger partial charge in [-0.2, -0.15) is 0 Å². The van der Waals surface area contributed by atoms with Gasteiger partial charge in [0, 0.05) is 50.4 Å². The summed E-state index contributed by atoms with van der Waals surface area (Å²) >= 11 is 0. The number of anilines is 1. The highest BCUT2D eigenvalue weighted by Crippen LogP contribution is 2.19. The Labute approximate surface area is 167 Å². The summed E-state index contributed by atoms with van der Waals surface area (Å²) in [6.45, 7) is 6.79. The summed E-state index contributed by atoms with van der Waals surface area (Å²) in [6, 6.07) is 11.8. The second-order valence-electron chi connectivity index (χ2n) is 7.43. The topological polar surface area (TPSA) is 58.8 Å². The molecule has 2 atom stereocenters. The van der Waals surface area contributed by atoms with Gasteiger partial charge >= 0.3 is 0 Å². The first-order valence-electron chi connectivity index (χ1n) is 10.2. The molecule has 2 heterocycles. The van der Waals surface area contributed by atoms with E-state index in [4.69, 9.17) is 0 Å². The fourth-order valence-corrected chi connectivity index (χ4v) is 4.12. The van der Waals surface area contributed by atoms with Crippen molar-refractivity contribution in [3.63, 3.8) is 0 Å². The van der Waals surface area contributed by atoms with Gasteiger partial charge in [-0.3, -0.25) is 9.59 Å². The predicted molar refractivity (Wildman–Crippen MR) is 110 cm³/mol. The van der Waals surface area contributed by atoms with Crippen molar-refractivity contribution < 1.29 is 14.5 Å². The minimum atomic E-state index is 0.0129. The second-order valence-corrected chi connectivity index (χ2v) is 7.43. The number of nitrogens with one attached hydrogen (secondary N) is 2. The van der Waals surface area contributed by atoms with Crippen molar-refractivity contribution in [2.45, 2.75) is 32.7 Å². The number of rotatable bonds is 7. The summed E-state index contributed by atoms with van der Waals surface area (Å²) < 4.78 is 2.15. The number of benzene rings is 1. The molecule has 2 N–H and O–H groups in total. The van der Waals surface area contributed by atoms with E-state index in [0.29, 0.717) is 31.2 Å². The zero-order chi connectivity index (χ0) is 20.1. The molecular weight excluding hydrogens is 352 g/mol. The normalized spacial score (nSPS) is 18.8. The zero-order valence-electron chi connectivity index (χ0n) is 17.1. The lowest BCUT2D eigenvalue weighted by atomic mass is 10.1. The smallest absolute Gasteiger partial charge is 0.279 e. The molecule has 6 heteroatoms. The van der Waals surface area contributed by atoms with Crippen LogP contribution >= 0.6 is 0 Å². The van der Waals surface area contributed by atoms with Crippen LogP contribution in [0.3, 0.4) is 0 Å². The quantitative estimate of drug-likeness (QED) is 0.767. The number of hydrogen-bond acceptors (Lipinski definition) is 2. The van der Waals surface area contributed by atoms with Gasteiger partial charge in [-0.1, -0.05) is 0 Å². The van der Waals surface area contributed by atoms with Gasteiger partial charge in [0.2, 0.25) is 0 Å². The fourth-order valence-electron chi connectivity index (χ4n) is 4.12. The molecule has 150 valence electrons. The second kappa shape index (κ2) is 9.06. The third-order valence-electron chi connectivity index (χ3n) is 5.68. The van der Waals surface area contributed by atoms with Crippen LogP contribution in [0.5, 0.6) is 0 Å². The van der Waals surface area contributed by atoms with Crippen LogP contribution < -0.4 is 10.2 Å². The average Bonchev–Trinajstić information content (AvgIpc) is 3.31. The van der Waals surface area contributed by atoms with Gasteiger partial charge in [0.15, 0.2) is 6.54 Å². The van der Waals surface area contributed by atoms with Gasteiger partial charge in [-0.05, 0) is 50.2 Å². The molecule has 1 unspecified atom stereocenters. The van der Waals surface area contributed by atoms with Crippen LogP contribution in [-0.2, 0) is 11.8 Å². The average molecular weight is 384 g/mol. The summed E-state index contributed by atoms with van der Waals surface area (Å²) in [5.41, 5.74) is 2.67. The van der Waals surface area contributed by atoms with Crippen molar-refractivity contribution in [2.24, 2.45) is 7.05 Å². The van der Waals surface area contributed by atoms with Crippen LogP contribution in [0, 0.1) is 0 Å². The molecule has 0 bridgehead atoms. The van der Waals surface area contributed by atoms with E-state index in [1.807, 2.05) is 26.0 Å². The molecule has 1 saturated heterocycles. The van der Waals surface area contributed by atoms with E-state index in [1.165, 1.54) is 10.6 Å². The Hall–Kier alpha value is -2.60.